The van der Waals surface area contributed by atoms with Crippen molar-refractivity contribution < 1.29 is 19.4 Å². The van der Waals surface area contributed by atoms with Crippen LogP contribution in [0.1, 0.15) is 69.3 Å². The minimum Gasteiger partial charge on any atom is -0.508 e. The van der Waals surface area contributed by atoms with E-state index in [-0.39, 0.29) is 6.03 Å². The molecule has 3 aliphatic rings. The van der Waals surface area contributed by atoms with Crippen LogP contribution in [0.4, 0.5) is 10.5 Å². The fourth-order valence-electron chi connectivity index (χ4n) is 7.00. The molecule has 38 heavy (non-hydrogen) atoms. The number of anilines is 1. The van der Waals surface area contributed by atoms with Gasteiger partial charge in [0.1, 0.15) is 5.75 Å². The molecule has 0 spiro atoms. The van der Waals surface area contributed by atoms with Gasteiger partial charge >= 0.3 is 6.03 Å². The van der Waals surface area contributed by atoms with E-state index in [2.05, 4.69) is 16.3 Å². The van der Waals surface area contributed by atoms with Gasteiger partial charge < -0.3 is 24.8 Å². The number of ether oxygens (including phenoxy) is 2. The van der Waals surface area contributed by atoms with Crippen molar-refractivity contribution in [1.29, 1.82) is 0 Å². The van der Waals surface area contributed by atoms with E-state index in [1.54, 1.807) is 20.3 Å². The third-order valence-electron chi connectivity index (χ3n) is 8.98. The van der Waals surface area contributed by atoms with E-state index in [1.165, 1.54) is 50.5 Å². The summed E-state index contributed by atoms with van der Waals surface area (Å²) in [6.45, 7) is 2.46. The molecule has 2 amide bonds. The Balaban J connectivity index is 1.24. The number of aromatic hydroxyl groups is 1. The van der Waals surface area contributed by atoms with Crippen molar-refractivity contribution in [2.45, 2.75) is 75.8 Å². The molecule has 7 heteroatoms. The zero-order chi connectivity index (χ0) is 26.5. The number of methoxy groups -OCH3 is 2. The number of nitrogens with zero attached hydrogens (tertiary/aromatic N) is 2. The summed E-state index contributed by atoms with van der Waals surface area (Å²) in [6, 6.07) is 14.4. The van der Waals surface area contributed by atoms with Crippen LogP contribution in [0.5, 0.6) is 17.2 Å². The molecule has 2 aromatic rings. The Morgan fingerprint density at radius 1 is 0.974 bits per heavy atom. The summed E-state index contributed by atoms with van der Waals surface area (Å²) in [5.74, 6) is 2.69. The summed E-state index contributed by atoms with van der Waals surface area (Å²) in [5, 5.41) is 13.1. The number of fused-ring (bicyclic) bond motifs is 2. The molecular weight excluding hydrogens is 478 g/mol. The predicted octanol–water partition coefficient (Wildman–Crippen LogP) is 6.23. The van der Waals surface area contributed by atoms with Crippen LogP contribution in [0.3, 0.4) is 0 Å². The maximum atomic E-state index is 13.6. The van der Waals surface area contributed by atoms with Crippen molar-refractivity contribution in [3.05, 3.63) is 48.0 Å². The molecular formula is C31H43N3O4. The standard InChI is InChI=1S/C31H43N3O4/c1-37-29-14-11-25(20-30(29)38-2)32-31(36)33(21-22-7-4-3-5-8-22)15-16-34-26-12-13-27(34)18-24(17-26)23-9-6-10-28(35)19-23/h6,9-11,14,19-20,22,24,26-27,35H,3-5,7-8,12-13,15-18,21H2,1-2H3,(H,32,36)/t24-,26+,27-. The first-order chi connectivity index (χ1) is 18.5. The average molecular weight is 522 g/mol. The molecule has 5 rings (SSSR count). The molecule has 2 aliphatic heterocycles. The van der Waals surface area contributed by atoms with E-state index in [0.717, 1.165) is 32.5 Å². The zero-order valence-electron chi connectivity index (χ0n) is 22.9. The summed E-state index contributed by atoms with van der Waals surface area (Å²) in [5.41, 5.74) is 1.98. The van der Waals surface area contributed by atoms with Crippen molar-refractivity contribution in [2.75, 3.05) is 39.2 Å². The first kappa shape index (κ1) is 26.7. The van der Waals surface area contributed by atoms with Crippen molar-refractivity contribution in [2.24, 2.45) is 5.92 Å². The Kier molecular flexibility index (Phi) is 8.62. The fourth-order valence-corrected chi connectivity index (χ4v) is 7.00. The largest absolute Gasteiger partial charge is 0.508 e. The van der Waals surface area contributed by atoms with Gasteiger partial charge in [-0.1, -0.05) is 31.4 Å². The molecule has 1 saturated carbocycles. The maximum absolute atomic E-state index is 13.6. The van der Waals surface area contributed by atoms with Gasteiger partial charge in [-0.05, 0) is 80.2 Å². The number of carbonyl (C=O) groups excluding carboxylic acids is 1. The van der Waals surface area contributed by atoms with Crippen LogP contribution in [-0.2, 0) is 0 Å². The lowest BCUT2D eigenvalue weighted by Crippen LogP contribution is -2.48. The van der Waals surface area contributed by atoms with Crippen molar-refractivity contribution in [3.63, 3.8) is 0 Å². The number of piperidine rings is 1. The molecule has 2 heterocycles. The minimum absolute atomic E-state index is 0.0372. The lowest BCUT2D eigenvalue weighted by Gasteiger charge is -2.40. The second-order valence-electron chi connectivity index (χ2n) is 11.3. The number of rotatable bonds is 9. The fraction of sp³-hybridized carbons (Fsp3) is 0.581. The minimum atomic E-state index is -0.0372. The molecule has 0 radical (unpaired) electrons. The van der Waals surface area contributed by atoms with Gasteiger partial charge in [-0.2, -0.15) is 0 Å². The van der Waals surface area contributed by atoms with Crippen molar-refractivity contribution >= 4 is 11.7 Å². The van der Waals surface area contributed by atoms with Crippen LogP contribution in [-0.4, -0.2) is 66.9 Å². The Hall–Kier alpha value is -2.93. The summed E-state index contributed by atoms with van der Waals surface area (Å²) in [4.78, 5) is 18.3. The number of benzene rings is 2. The monoisotopic (exact) mass is 521 g/mol. The summed E-state index contributed by atoms with van der Waals surface area (Å²) in [6.07, 6.45) is 11.0. The van der Waals surface area contributed by atoms with Crippen LogP contribution >= 0.6 is 0 Å². The van der Waals surface area contributed by atoms with Gasteiger partial charge in [-0.25, -0.2) is 4.79 Å². The van der Waals surface area contributed by atoms with Gasteiger partial charge in [0.15, 0.2) is 11.5 Å². The molecule has 0 aromatic heterocycles. The Bertz CT molecular complexity index is 1070. The van der Waals surface area contributed by atoms with Gasteiger partial charge in [0.2, 0.25) is 0 Å². The Morgan fingerprint density at radius 2 is 1.71 bits per heavy atom. The summed E-state index contributed by atoms with van der Waals surface area (Å²) in [7, 11) is 3.22. The Morgan fingerprint density at radius 3 is 2.39 bits per heavy atom. The predicted molar refractivity (Wildman–Crippen MR) is 150 cm³/mol. The van der Waals surface area contributed by atoms with E-state index in [0.29, 0.717) is 46.9 Å². The molecule has 2 bridgehead atoms. The number of hydrogen-bond acceptors (Lipinski definition) is 5. The van der Waals surface area contributed by atoms with Crippen molar-refractivity contribution in [1.82, 2.24) is 9.80 Å². The van der Waals surface area contributed by atoms with Crippen LogP contribution in [0.15, 0.2) is 42.5 Å². The number of amides is 2. The molecule has 2 N–H and O–H groups in total. The number of carbonyl (C=O) groups is 1. The van der Waals surface area contributed by atoms with Crippen LogP contribution < -0.4 is 14.8 Å². The van der Waals surface area contributed by atoms with Crippen LogP contribution in [0, 0.1) is 5.92 Å². The molecule has 206 valence electrons. The normalized spacial score (nSPS) is 23.7. The maximum Gasteiger partial charge on any atom is 0.321 e. The highest BCUT2D eigenvalue weighted by Crippen LogP contribution is 2.43. The molecule has 3 fully saturated rings. The highest BCUT2D eigenvalue weighted by Gasteiger charge is 2.41. The van der Waals surface area contributed by atoms with Crippen LogP contribution in [0.2, 0.25) is 0 Å². The third-order valence-corrected chi connectivity index (χ3v) is 8.98. The Labute approximate surface area is 227 Å². The third kappa shape index (κ3) is 6.20. The summed E-state index contributed by atoms with van der Waals surface area (Å²) < 4.78 is 10.8. The first-order valence-electron chi connectivity index (χ1n) is 14.4. The zero-order valence-corrected chi connectivity index (χ0v) is 22.9. The second kappa shape index (κ2) is 12.3. The van der Waals surface area contributed by atoms with Gasteiger partial charge in [-0.15, -0.1) is 0 Å². The smallest absolute Gasteiger partial charge is 0.321 e. The van der Waals surface area contributed by atoms with Gasteiger partial charge in [0, 0.05) is 43.5 Å². The number of hydrogen-bond donors (Lipinski definition) is 2. The average Bonchev–Trinajstić information content (AvgIpc) is 3.17. The quantitative estimate of drug-likeness (QED) is 0.409. The van der Waals surface area contributed by atoms with Gasteiger partial charge in [0.25, 0.3) is 0 Å². The van der Waals surface area contributed by atoms with Gasteiger partial charge in [0.05, 0.1) is 14.2 Å². The molecule has 0 unspecified atom stereocenters. The number of phenolic OH excluding ortho intramolecular Hbond substituents is 1. The topological polar surface area (TPSA) is 74.3 Å². The molecule has 7 nitrogen and oxygen atoms in total. The van der Waals surface area contributed by atoms with E-state index in [9.17, 15) is 9.90 Å². The molecule has 1 aliphatic carbocycles. The second-order valence-corrected chi connectivity index (χ2v) is 11.3. The first-order valence-corrected chi connectivity index (χ1v) is 14.4. The summed E-state index contributed by atoms with van der Waals surface area (Å²) >= 11 is 0. The highest BCUT2D eigenvalue weighted by atomic mass is 16.5. The van der Waals surface area contributed by atoms with E-state index >= 15 is 0 Å². The lowest BCUT2D eigenvalue weighted by molar-refractivity contribution is 0.108. The van der Waals surface area contributed by atoms with Crippen LogP contribution in [0.25, 0.3) is 0 Å². The van der Waals surface area contributed by atoms with E-state index < -0.39 is 0 Å². The molecule has 3 atom stereocenters. The number of nitrogens with one attached hydrogen (secondary N) is 1. The number of phenols is 1. The van der Waals surface area contributed by atoms with E-state index in [4.69, 9.17) is 9.47 Å². The van der Waals surface area contributed by atoms with E-state index in [1.807, 2.05) is 35.2 Å². The SMILES string of the molecule is COc1ccc(NC(=O)N(CCN2[C@@H]3CC[C@H]2C[C@@H](c2cccc(O)c2)C3)CC2CCCCC2)cc1OC. The molecule has 2 saturated heterocycles. The van der Waals surface area contributed by atoms with Gasteiger partial charge in [-0.3, -0.25) is 4.90 Å². The number of urea groups is 1. The lowest BCUT2D eigenvalue weighted by atomic mass is 9.85. The molecule has 2 aromatic carbocycles. The highest BCUT2D eigenvalue weighted by molar-refractivity contribution is 5.89. The van der Waals surface area contributed by atoms with Crippen molar-refractivity contribution in [3.8, 4) is 17.2 Å².